The fourth-order valence-electron chi connectivity index (χ4n) is 1.70. The minimum atomic E-state index is -0.652. The van der Waals surface area contributed by atoms with Crippen LogP contribution in [0.4, 0.5) is 5.69 Å². The summed E-state index contributed by atoms with van der Waals surface area (Å²) in [7, 11) is 3.11. The molecule has 0 atom stereocenters. The summed E-state index contributed by atoms with van der Waals surface area (Å²) >= 11 is 0. The Morgan fingerprint density at radius 1 is 1.42 bits per heavy atom. The third kappa shape index (κ3) is 2.52. The van der Waals surface area contributed by atoms with Gasteiger partial charge >= 0.3 is 5.63 Å². The molecule has 1 heterocycles. The molecule has 6 heteroatoms. The zero-order valence-corrected chi connectivity index (χ0v) is 10.9. The Labute approximate surface area is 109 Å². The summed E-state index contributed by atoms with van der Waals surface area (Å²) in [5.41, 5.74) is 0.378. The number of ether oxygens (including phenoxy) is 1. The van der Waals surface area contributed by atoms with Crippen LogP contribution in [0.1, 0.15) is 16.1 Å². The van der Waals surface area contributed by atoms with Crippen LogP contribution in [0.5, 0.6) is 5.75 Å². The van der Waals surface area contributed by atoms with E-state index in [1.165, 1.54) is 11.8 Å². The molecule has 100 valence electrons. The number of benzene rings is 1. The molecule has 1 N–H and O–H groups in total. The van der Waals surface area contributed by atoms with Gasteiger partial charge in [0.1, 0.15) is 11.3 Å². The normalized spacial score (nSPS) is 10.3. The maximum atomic E-state index is 12.0. The van der Waals surface area contributed by atoms with Gasteiger partial charge < -0.3 is 14.6 Å². The zero-order valence-electron chi connectivity index (χ0n) is 10.9. The quantitative estimate of drug-likeness (QED) is 0.910. The van der Waals surface area contributed by atoms with Gasteiger partial charge in [-0.25, -0.2) is 9.53 Å². The molecular weight excluding hydrogens is 248 g/mol. The number of carbonyl (C=O) groups is 1. The average Bonchev–Trinajstić information content (AvgIpc) is 2.63. The highest BCUT2D eigenvalue weighted by molar-refractivity contribution is 6.04. The van der Waals surface area contributed by atoms with E-state index in [0.717, 1.165) is 0 Å². The van der Waals surface area contributed by atoms with Gasteiger partial charge in [-0.15, -0.1) is 0 Å². The smallest absolute Gasteiger partial charge is 0.370 e. The summed E-state index contributed by atoms with van der Waals surface area (Å²) in [6.45, 7) is 1.64. The lowest BCUT2D eigenvalue weighted by molar-refractivity contribution is 0.102. The van der Waals surface area contributed by atoms with Crippen molar-refractivity contribution < 1.29 is 14.1 Å². The lowest BCUT2D eigenvalue weighted by Crippen LogP contribution is -2.19. The van der Waals surface area contributed by atoms with E-state index in [-0.39, 0.29) is 5.56 Å². The second kappa shape index (κ2) is 5.01. The lowest BCUT2D eigenvalue weighted by atomic mass is 10.2. The second-order valence-corrected chi connectivity index (χ2v) is 4.02. The highest BCUT2D eigenvalue weighted by Gasteiger charge is 2.19. The zero-order chi connectivity index (χ0) is 14.0. The topological polar surface area (TPSA) is 73.5 Å². The van der Waals surface area contributed by atoms with E-state index in [1.54, 1.807) is 38.2 Å². The van der Waals surface area contributed by atoms with Gasteiger partial charge in [0.25, 0.3) is 5.91 Å². The van der Waals surface area contributed by atoms with Crippen LogP contribution in [0.2, 0.25) is 0 Å². The number of amides is 1. The Balaban J connectivity index is 2.28. The lowest BCUT2D eigenvalue weighted by Gasteiger charge is -2.05. The first-order valence-corrected chi connectivity index (χ1v) is 5.65. The van der Waals surface area contributed by atoms with E-state index in [2.05, 4.69) is 5.32 Å². The number of aryl methyl sites for hydroxylation is 1. The maximum absolute atomic E-state index is 12.0. The first-order valence-electron chi connectivity index (χ1n) is 5.65. The van der Waals surface area contributed by atoms with Gasteiger partial charge in [0.15, 0.2) is 0 Å². The van der Waals surface area contributed by atoms with E-state index < -0.39 is 11.5 Å². The van der Waals surface area contributed by atoms with Crippen molar-refractivity contribution in [3.05, 3.63) is 45.9 Å². The third-order valence-corrected chi connectivity index (χ3v) is 2.81. The maximum Gasteiger partial charge on any atom is 0.370 e. The number of hydrogen-bond donors (Lipinski definition) is 1. The van der Waals surface area contributed by atoms with E-state index in [4.69, 9.17) is 9.26 Å². The van der Waals surface area contributed by atoms with E-state index in [1.807, 2.05) is 0 Å². The highest BCUT2D eigenvalue weighted by Crippen LogP contribution is 2.17. The number of anilines is 1. The Kier molecular flexibility index (Phi) is 3.41. The van der Waals surface area contributed by atoms with Crippen molar-refractivity contribution in [2.45, 2.75) is 6.92 Å². The minimum Gasteiger partial charge on any atom is -0.497 e. The van der Waals surface area contributed by atoms with Crippen LogP contribution in [0.15, 0.2) is 33.6 Å². The van der Waals surface area contributed by atoms with Crippen LogP contribution in [0, 0.1) is 6.92 Å². The fraction of sp³-hybridized carbons (Fsp3) is 0.231. The summed E-state index contributed by atoms with van der Waals surface area (Å²) in [6.07, 6.45) is 0. The van der Waals surface area contributed by atoms with Gasteiger partial charge in [-0.3, -0.25) is 4.79 Å². The van der Waals surface area contributed by atoms with Gasteiger partial charge in [0.2, 0.25) is 0 Å². The number of nitrogens with zero attached hydrogens (tertiary/aromatic N) is 1. The molecule has 2 rings (SSSR count). The molecule has 0 unspecified atom stereocenters. The van der Waals surface area contributed by atoms with Crippen molar-refractivity contribution in [3.8, 4) is 5.75 Å². The van der Waals surface area contributed by atoms with Crippen LogP contribution < -0.4 is 15.7 Å². The predicted molar refractivity (Wildman–Crippen MR) is 69.6 cm³/mol. The summed E-state index contributed by atoms with van der Waals surface area (Å²) < 4.78 is 11.1. The molecule has 0 saturated carbocycles. The molecule has 1 aromatic heterocycles. The van der Waals surface area contributed by atoms with Crippen LogP contribution in [0.3, 0.4) is 0 Å². The molecule has 6 nitrogen and oxygen atoms in total. The number of nitrogens with one attached hydrogen (secondary N) is 1. The second-order valence-electron chi connectivity index (χ2n) is 4.02. The van der Waals surface area contributed by atoms with Crippen LogP contribution in [0.25, 0.3) is 0 Å². The van der Waals surface area contributed by atoms with Crippen molar-refractivity contribution in [2.75, 3.05) is 12.4 Å². The van der Waals surface area contributed by atoms with Gasteiger partial charge in [-0.05, 0) is 19.1 Å². The van der Waals surface area contributed by atoms with Crippen molar-refractivity contribution >= 4 is 11.6 Å². The number of aromatic nitrogens is 1. The SMILES string of the molecule is COc1cccc(NC(=O)c2c(C)n(C)oc2=O)c1. The Morgan fingerprint density at radius 2 is 2.16 bits per heavy atom. The number of methoxy groups -OCH3 is 1. The molecule has 1 aromatic carbocycles. The standard InChI is InChI=1S/C13H14N2O4/c1-8-11(13(17)19-15(8)2)12(16)14-9-5-4-6-10(7-9)18-3/h4-7H,1-3H3,(H,14,16). The molecule has 19 heavy (non-hydrogen) atoms. The Bertz CT molecular complexity index is 670. The molecule has 0 aliphatic carbocycles. The van der Waals surface area contributed by atoms with Gasteiger partial charge in [0, 0.05) is 18.8 Å². The Morgan fingerprint density at radius 3 is 2.74 bits per heavy atom. The van der Waals surface area contributed by atoms with Crippen molar-refractivity contribution in [2.24, 2.45) is 7.05 Å². The number of carbonyl (C=O) groups excluding carboxylic acids is 1. The predicted octanol–water partition coefficient (Wildman–Crippen LogP) is 1.55. The molecule has 0 spiro atoms. The van der Waals surface area contributed by atoms with Crippen LogP contribution >= 0.6 is 0 Å². The number of hydrogen-bond acceptors (Lipinski definition) is 4. The fourth-order valence-corrected chi connectivity index (χ4v) is 1.70. The van der Waals surface area contributed by atoms with Crippen LogP contribution in [-0.4, -0.2) is 17.8 Å². The van der Waals surface area contributed by atoms with Gasteiger partial charge in [0.05, 0.1) is 12.8 Å². The van der Waals surface area contributed by atoms with E-state index in [9.17, 15) is 9.59 Å². The number of rotatable bonds is 3. The summed E-state index contributed by atoms with van der Waals surface area (Å²) in [5, 5.41) is 2.64. The largest absolute Gasteiger partial charge is 0.497 e. The summed E-state index contributed by atoms with van der Waals surface area (Å²) in [4.78, 5) is 23.6. The van der Waals surface area contributed by atoms with Crippen molar-refractivity contribution in [3.63, 3.8) is 0 Å². The molecule has 0 radical (unpaired) electrons. The molecule has 0 bridgehead atoms. The van der Waals surface area contributed by atoms with E-state index in [0.29, 0.717) is 17.1 Å². The molecule has 2 aromatic rings. The molecule has 0 saturated heterocycles. The van der Waals surface area contributed by atoms with Gasteiger partial charge in [-0.1, -0.05) is 6.07 Å². The Hall–Kier alpha value is -2.50. The van der Waals surface area contributed by atoms with Crippen LogP contribution in [-0.2, 0) is 7.05 Å². The van der Waals surface area contributed by atoms with E-state index >= 15 is 0 Å². The highest BCUT2D eigenvalue weighted by atomic mass is 16.5. The molecular formula is C13H14N2O4. The molecule has 0 aliphatic heterocycles. The molecule has 0 aliphatic rings. The third-order valence-electron chi connectivity index (χ3n) is 2.81. The molecule has 0 fully saturated rings. The summed E-state index contributed by atoms with van der Waals surface area (Å²) in [6, 6.07) is 6.88. The summed E-state index contributed by atoms with van der Waals surface area (Å²) in [5.74, 6) is 0.120. The monoisotopic (exact) mass is 262 g/mol. The minimum absolute atomic E-state index is 0.00493. The first kappa shape index (κ1) is 12.9. The molecule has 1 amide bonds. The average molecular weight is 262 g/mol. The van der Waals surface area contributed by atoms with Gasteiger partial charge in [-0.2, -0.15) is 0 Å². The first-order chi connectivity index (χ1) is 9.02. The van der Waals surface area contributed by atoms with Crippen molar-refractivity contribution in [1.82, 2.24) is 4.74 Å². The van der Waals surface area contributed by atoms with Crippen molar-refractivity contribution in [1.29, 1.82) is 0 Å².